The predicted octanol–water partition coefficient (Wildman–Crippen LogP) is 5.23. The van der Waals surface area contributed by atoms with Crippen molar-refractivity contribution in [2.45, 2.75) is 32.7 Å². The lowest BCUT2D eigenvalue weighted by molar-refractivity contribution is 0.206. The Morgan fingerprint density at radius 1 is 1.22 bits per heavy atom. The number of pyridine rings is 2. The molecule has 142 valence electrons. The van der Waals surface area contributed by atoms with Crippen molar-refractivity contribution < 1.29 is 9.13 Å². The van der Waals surface area contributed by atoms with E-state index in [0.717, 1.165) is 12.0 Å². The summed E-state index contributed by atoms with van der Waals surface area (Å²) in [6, 6.07) is 7.98. The largest absolute Gasteiger partial charge is 0.488 e. The van der Waals surface area contributed by atoms with Gasteiger partial charge in [0.2, 0.25) is 0 Å². The standard InChI is InChI=1S/C21H23ClFN3O/c1-13(2)10-21(3,24)12-27-20-11-26-19(9-17(20)22)15-6-7-25-18-5-4-14(23)8-16(15)18/h4-9,11,13H,10,12,24H2,1-3H3. The van der Waals surface area contributed by atoms with E-state index in [1.165, 1.54) is 12.1 Å². The number of aromatic nitrogens is 2. The fourth-order valence-corrected chi connectivity index (χ4v) is 3.45. The van der Waals surface area contributed by atoms with Gasteiger partial charge in [-0.2, -0.15) is 0 Å². The lowest BCUT2D eigenvalue weighted by Crippen LogP contribution is -2.43. The zero-order chi connectivity index (χ0) is 19.6. The average molecular weight is 388 g/mol. The highest BCUT2D eigenvalue weighted by Crippen LogP contribution is 2.32. The lowest BCUT2D eigenvalue weighted by atomic mass is 9.93. The van der Waals surface area contributed by atoms with E-state index in [9.17, 15) is 4.39 Å². The molecule has 0 saturated heterocycles. The molecule has 2 aromatic heterocycles. The maximum Gasteiger partial charge on any atom is 0.156 e. The zero-order valence-electron chi connectivity index (χ0n) is 15.7. The van der Waals surface area contributed by atoms with Crippen LogP contribution in [0.4, 0.5) is 4.39 Å². The van der Waals surface area contributed by atoms with Crippen molar-refractivity contribution in [2.24, 2.45) is 11.7 Å². The number of rotatable bonds is 6. The average Bonchev–Trinajstić information content (AvgIpc) is 2.59. The molecule has 0 fully saturated rings. The summed E-state index contributed by atoms with van der Waals surface area (Å²) < 4.78 is 19.5. The Balaban J connectivity index is 1.87. The summed E-state index contributed by atoms with van der Waals surface area (Å²) in [5.41, 5.74) is 7.92. The molecule has 0 saturated carbocycles. The zero-order valence-corrected chi connectivity index (χ0v) is 16.4. The molecule has 0 spiro atoms. The van der Waals surface area contributed by atoms with E-state index in [1.807, 2.05) is 6.92 Å². The van der Waals surface area contributed by atoms with E-state index < -0.39 is 5.54 Å². The van der Waals surface area contributed by atoms with Gasteiger partial charge in [-0.15, -0.1) is 0 Å². The first-order valence-corrected chi connectivity index (χ1v) is 9.25. The Morgan fingerprint density at radius 3 is 2.70 bits per heavy atom. The minimum absolute atomic E-state index is 0.324. The molecule has 1 atom stereocenters. The Labute approximate surface area is 163 Å². The summed E-state index contributed by atoms with van der Waals surface area (Å²) in [7, 11) is 0. The molecule has 0 aliphatic heterocycles. The first-order chi connectivity index (χ1) is 12.7. The van der Waals surface area contributed by atoms with E-state index in [1.54, 1.807) is 30.6 Å². The van der Waals surface area contributed by atoms with Crippen molar-refractivity contribution in [3.8, 4) is 17.0 Å². The van der Waals surface area contributed by atoms with Crippen LogP contribution in [0.5, 0.6) is 5.75 Å². The Bertz CT molecular complexity index is 959. The minimum atomic E-state index is -0.449. The fourth-order valence-electron chi connectivity index (χ4n) is 3.25. The molecule has 2 N–H and O–H groups in total. The number of nitrogens with two attached hydrogens (primary N) is 1. The number of halogens is 2. The molecule has 0 bridgehead atoms. The van der Waals surface area contributed by atoms with Crippen molar-refractivity contribution in [1.29, 1.82) is 0 Å². The predicted molar refractivity (Wildman–Crippen MR) is 107 cm³/mol. The Kier molecular flexibility index (Phi) is 5.63. The van der Waals surface area contributed by atoms with E-state index in [2.05, 4.69) is 23.8 Å². The van der Waals surface area contributed by atoms with Gasteiger partial charge in [-0.3, -0.25) is 9.97 Å². The van der Waals surface area contributed by atoms with E-state index >= 15 is 0 Å². The van der Waals surface area contributed by atoms with Gasteiger partial charge in [-0.1, -0.05) is 25.4 Å². The van der Waals surface area contributed by atoms with Crippen molar-refractivity contribution in [3.63, 3.8) is 0 Å². The number of hydrogen-bond donors (Lipinski definition) is 1. The summed E-state index contributed by atoms with van der Waals surface area (Å²) in [5, 5.41) is 1.11. The summed E-state index contributed by atoms with van der Waals surface area (Å²) in [4.78, 5) is 8.71. The van der Waals surface area contributed by atoms with E-state index in [0.29, 0.717) is 39.9 Å². The molecule has 0 radical (unpaired) electrons. The number of benzene rings is 1. The monoisotopic (exact) mass is 387 g/mol. The molecule has 4 nitrogen and oxygen atoms in total. The second-order valence-corrected chi connectivity index (χ2v) is 7.97. The highest BCUT2D eigenvalue weighted by atomic mass is 35.5. The number of nitrogens with zero attached hydrogens (tertiary/aromatic N) is 2. The Hall–Kier alpha value is -2.24. The first kappa shape index (κ1) is 19.5. The number of hydrogen-bond acceptors (Lipinski definition) is 4. The van der Waals surface area contributed by atoms with Crippen LogP contribution in [0.25, 0.3) is 22.2 Å². The highest BCUT2D eigenvalue weighted by Gasteiger charge is 2.22. The van der Waals surface area contributed by atoms with Crippen molar-refractivity contribution in [3.05, 3.63) is 53.6 Å². The first-order valence-electron chi connectivity index (χ1n) is 8.87. The van der Waals surface area contributed by atoms with Crippen LogP contribution in [-0.4, -0.2) is 22.1 Å². The Morgan fingerprint density at radius 2 is 2.00 bits per heavy atom. The maximum atomic E-state index is 13.7. The molecule has 3 rings (SSSR count). The fraction of sp³-hybridized carbons (Fsp3) is 0.333. The lowest BCUT2D eigenvalue weighted by Gasteiger charge is -2.26. The highest BCUT2D eigenvalue weighted by molar-refractivity contribution is 6.32. The van der Waals surface area contributed by atoms with Crippen LogP contribution < -0.4 is 10.5 Å². The minimum Gasteiger partial charge on any atom is -0.488 e. The van der Waals surface area contributed by atoms with Gasteiger partial charge >= 0.3 is 0 Å². The van der Waals surface area contributed by atoms with Crippen LogP contribution in [0, 0.1) is 11.7 Å². The maximum absolute atomic E-state index is 13.7. The summed E-state index contributed by atoms with van der Waals surface area (Å²) in [5.74, 6) is 0.625. The van der Waals surface area contributed by atoms with Gasteiger partial charge in [0.05, 0.1) is 22.4 Å². The van der Waals surface area contributed by atoms with Crippen LogP contribution >= 0.6 is 11.6 Å². The van der Waals surface area contributed by atoms with Gasteiger partial charge in [0, 0.05) is 22.7 Å². The molecule has 27 heavy (non-hydrogen) atoms. The summed E-state index contributed by atoms with van der Waals surface area (Å²) in [6.07, 6.45) is 4.08. The van der Waals surface area contributed by atoms with Gasteiger partial charge in [0.15, 0.2) is 5.75 Å². The third-order valence-corrected chi connectivity index (χ3v) is 4.53. The molecule has 3 aromatic rings. The van der Waals surface area contributed by atoms with Crippen LogP contribution in [0.1, 0.15) is 27.2 Å². The second-order valence-electron chi connectivity index (χ2n) is 7.56. The number of fused-ring (bicyclic) bond motifs is 1. The van der Waals surface area contributed by atoms with E-state index in [-0.39, 0.29) is 5.82 Å². The quantitative estimate of drug-likeness (QED) is 0.629. The third kappa shape index (κ3) is 4.73. The molecule has 1 aromatic carbocycles. The summed E-state index contributed by atoms with van der Waals surface area (Å²) >= 11 is 6.40. The van der Waals surface area contributed by atoms with Crippen LogP contribution in [-0.2, 0) is 0 Å². The molecule has 6 heteroatoms. The van der Waals surface area contributed by atoms with Gasteiger partial charge in [0.25, 0.3) is 0 Å². The van der Waals surface area contributed by atoms with Gasteiger partial charge in [-0.25, -0.2) is 4.39 Å². The smallest absolute Gasteiger partial charge is 0.156 e. The van der Waals surface area contributed by atoms with Crippen molar-refractivity contribution in [1.82, 2.24) is 9.97 Å². The molecule has 0 amide bonds. The molecule has 0 aliphatic carbocycles. The topological polar surface area (TPSA) is 61.0 Å². The van der Waals surface area contributed by atoms with E-state index in [4.69, 9.17) is 22.1 Å². The van der Waals surface area contributed by atoms with Crippen LogP contribution in [0.3, 0.4) is 0 Å². The molecular weight excluding hydrogens is 365 g/mol. The molecular formula is C21H23ClFN3O. The normalized spacial score (nSPS) is 13.7. The van der Waals surface area contributed by atoms with Crippen molar-refractivity contribution in [2.75, 3.05) is 6.61 Å². The second kappa shape index (κ2) is 7.79. The molecule has 1 unspecified atom stereocenters. The van der Waals surface area contributed by atoms with Crippen molar-refractivity contribution >= 4 is 22.5 Å². The van der Waals surface area contributed by atoms with Gasteiger partial charge in [-0.05, 0) is 49.6 Å². The van der Waals surface area contributed by atoms with Crippen LogP contribution in [0.15, 0.2) is 42.7 Å². The summed E-state index contributed by atoms with van der Waals surface area (Å²) in [6.45, 7) is 6.54. The van der Waals surface area contributed by atoms with Crippen LogP contribution in [0.2, 0.25) is 5.02 Å². The molecule has 2 heterocycles. The van der Waals surface area contributed by atoms with Gasteiger partial charge in [0.1, 0.15) is 12.4 Å². The van der Waals surface area contributed by atoms with Gasteiger partial charge < -0.3 is 10.5 Å². The number of ether oxygens (including phenoxy) is 1. The SMILES string of the molecule is CC(C)CC(C)(N)COc1cnc(-c2ccnc3ccc(F)cc23)cc1Cl. The third-order valence-electron chi connectivity index (χ3n) is 4.23. The molecule has 0 aliphatic rings.